The minimum absolute atomic E-state index is 0.0308. The summed E-state index contributed by atoms with van der Waals surface area (Å²) in [5.41, 5.74) is 4.41. The van der Waals surface area contributed by atoms with Crippen LogP contribution in [-0.2, 0) is 4.79 Å². The van der Waals surface area contributed by atoms with E-state index in [1.165, 1.54) is 16.9 Å². The molecule has 0 saturated carbocycles. The number of amides is 1. The summed E-state index contributed by atoms with van der Waals surface area (Å²) >= 11 is 1.48. The number of hydrogen-bond donors (Lipinski definition) is 1. The third-order valence-electron chi connectivity index (χ3n) is 3.47. The fraction of sp³-hybridized carbons (Fsp3) is 0.222. The summed E-state index contributed by atoms with van der Waals surface area (Å²) in [5.74, 6) is 0.473. The monoisotopic (exact) mass is 326 g/mol. The van der Waals surface area contributed by atoms with Crippen LogP contribution in [0.4, 0.5) is 5.13 Å². The van der Waals surface area contributed by atoms with Crippen molar-refractivity contribution < 1.29 is 9.53 Å². The van der Waals surface area contributed by atoms with Crippen molar-refractivity contribution in [2.24, 2.45) is 0 Å². The zero-order valence-electron chi connectivity index (χ0n) is 13.3. The fourth-order valence-electron chi connectivity index (χ4n) is 2.36. The summed E-state index contributed by atoms with van der Waals surface area (Å²) in [4.78, 5) is 16.5. The third kappa shape index (κ3) is 3.68. The molecule has 0 unspecified atom stereocenters. The molecule has 0 aliphatic rings. The number of aromatic nitrogens is 1. The highest BCUT2D eigenvalue weighted by Gasteiger charge is 2.10. The van der Waals surface area contributed by atoms with Crippen molar-refractivity contribution in [1.82, 2.24) is 4.98 Å². The molecule has 23 heavy (non-hydrogen) atoms. The topological polar surface area (TPSA) is 51.2 Å². The van der Waals surface area contributed by atoms with Crippen LogP contribution in [0.25, 0.3) is 10.2 Å². The highest BCUT2D eigenvalue weighted by atomic mass is 32.1. The SMILES string of the molecule is Cc1ccc(OCC(=O)Nc2nc3c(C)cc(C)cc3s2)cc1. The molecule has 2 aromatic carbocycles. The van der Waals surface area contributed by atoms with Crippen LogP contribution < -0.4 is 10.1 Å². The van der Waals surface area contributed by atoms with Gasteiger partial charge in [-0.25, -0.2) is 4.98 Å². The molecule has 0 spiro atoms. The number of aryl methyl sites for hydroxylation is 3. The van der Waals surface area contributed by atoms with Gasteiger partial charge in [-0.3, -0.25) is 10.1 Å². The number of thiazole rings is 1. The molecule has 3 rings (SSSR count). The van der Waals surface area contributed by atoms with E-state index in [-0.39, 0.29) is 12.5 Å². The Morgan fingerprint density at radius 2 is 1.87 bits per heavy atom. The zero-order valence-corrected chi connectivity index (χ0v) is 14.2. The number of nitrogens with one attached hydrogen (secondary N) is 1. The standard InChI is InChI=1S/C18H18N2O2S/c1-11-4-6-14(7-5-11)22-10-16(21)19-18-20-17-13(3)8-12(2)9-15(17)23-18/h4-9H,10H2,1-3H3,(H,19,20,21). The molecule has 0 aliphatic carbocycles. The fourth-order valence-corrected chi connectivity index (χ4v) is 3.42. The molecule has 1 aromatic heterocycles. The summed E-state index contributed by atoms with van der Waals surface area (Å²) in [6.07, 6.45) is 0. The maximum Gasteiger partial charge on any atom is 0.264 e. The average Bonchev–Trinajstić information content (AvgIpc) is 2.89. The van der Waals surface area contributed by atoms with Crippen LogP contribution in [0, 0.1) is 20.8 Å². The van der Waals surface area contributed by atoms with E-state index >= 15 is 0 Å². The molecule has 0 radical (unpaired) electrons. The van der Waals surface area contributed by atoms with E-state index in [1.807, 2.05) is 38.1 Å². The van der Waals surface area contributed by atoms with Crippen molar-refractivity contribution in [3.63, 3.8) is 0 Å². The van der Waals surface area contributed by atoms with Gasteiger partial charge in [-0.05, 0) is 50.1 Å². The highest BCUT2D eigenvalue weighted by molar-refractivity contribution is 7.22. The zero-order chi connectivity index (χ0) is 16.4. The highest BCUT2D eigenvalue weighted by Crippen LogP contribution is 2.29. The summed E-state index contributed by atoms with van der Waals surface area (Å²) in [6, 6.07) is 11.8. The van der Waals surface area contributed by atoms with Gasteiger partial charge in [-0.15, -0.1) is 0 Å². The molecule has 0 atom stereocenters. The molecule has 3 aromatic rings. The number of rotatable bonds is 4. The van der Waals surface area contributed by atoms with Gasteiger partial charge < -0.3 is 4.74 Å². The Hall–Kier alpha value is -2.40. The Balaban J connectivity index is 1.65. The van der Waals surface area contributed by atoms with Crippen LogP contribution in [0.15, 0.2) is 36.4 Å². The van der Waals surface area contributed by atoms with Gasteiger partial charge in [0.2, 0.25) is 0 Å². The minimum atomic E-state index is -0.209. The molecule has 1 N–H and O–H groups in total. The van der Waals surface area contributed by atoms with E-state index in [0.717, 1.165) is 21.3 Å². The summed E-state index contributed by atoms with van der Waals surface area (Å²) in [5, 5.41) is 3.41. The summed E-state index contributed by atoms with van der Waals surface area (Å²) < 4.78 is 6.56. The maximum absolute atomic E-state index is 12.0. The van der Waals surface area contributed by atoms with E-state index in [1.54, 1.807) is 0 Å². The lowest BCUT2D eigenvalue weighted by Gasteiger charge is -2.05. The van der Waals surface area contributed by atoms with Gasteiger partial charge >= 0.3 is 0 Å². The van der Waals surface area contributed by atoms with Crippen LogP contribution in [0.1, 0.15) is 16.7 Å². The Morgan fingerprint density at radius 1 is 1.13 bits per heavy atom. The number of benzene rings is 2. The van der Waals surface area contributed by atoms with Gasteiger partial charge in [0.25, 0.3) is 5.91 Å². The van der Waals surface area contributed by atoms with Crippen LogP contribution in [0.2, 0.25) is 0 Å². The van der Waals surface area contributed by atoms with Crippen LogP contribution in [0.5, 0.6) is 5.75 Å². The average molecular weight is 326 g/mol. The first-order chi connectivity index (χ1) is 11.0. The minimum Gasteiger partial charge on any atom is -0.484 e. The Labute approximate surface area is 139 Å². The van der Waals surface area contributed by atoms with Crippen LogP contribution >= 0.6 is 11.3 Å². The van der Waals surface area contributed by atoms with E-state index in [2.05, 4.69) is 29.4 Å². The molecule has 4 nitrogen and oxygen atoms in total. The Kier molecular flexibility index (Phi) is 4.30. The predicted octanol–water partition coefficient (Wildman–Crippen LogP) is 4.24. The van der Waals surface area contributed by atoms with E-state index in [9.17, 15) is 4.79 Å². The van der Waals surface area contributed by atoms with Crippen molar-refractivity contribution in [1.29, 1.82) is 0 Å². The number of anilines is 1. The molecular formula is C18H18N2O2S. The first-order valence-electron chi connectivity index (χ1n) is 7.38. The number of nitrogens with zero attached hydrogens (tertiary/aromatic N) is 1. The smallest absolute Gasteiger partial charge is 0.264 e. The molecular weight excluding hydrogens is 308 g/mol. The summed E-state index contributed by atoms with van der Waals surface area (Å²) in [7, 11) is 0. The van der Waals surface area contributed by atoms with Gasteiger partial charge in [-0.1, -0.05) is 35.1 Å². The normalized spacial score (nSPS) is 10.7. The van der Waals surface area contributed by atoms with E-state index in [4.69, 9.17) is 4.74 Å². The second kappa shape index (κ2) is 6.38. The first-order valence-corrected chi connectivity index (χ1v) is 8.20. The molecule has 118 valence electrons. The van der Waals surface area contributed by atoms with Gasteiger partial charge in [0.1, 0.15) is 5.75 Å². The maximum atomic E-state index is 12.0. The van der Waals surface area contributed by atoms with E-state index < -0.39 is 0 Å². The van der Waals surface area contributed by atoms with Crippen LogP contribution in [0.3, 0.4) is 0 Å². The van der Waals surface area contributed by atoms with Crippen molar-refractivity contribution >= 4 is 32.6 Å². The van der Waals surface area contributed by atoms with Crippen molar-refractivity contribution in [2.75, 3.05) is 11.9 Å². The molecule has 0 saturated heterocycles. The third-order valence-corrected chi connectivity index (χ3v) is 4.38. The number of fused-ring (bicyclic) bond motifs is 1. The number of ether oxygens (including phenoxy) is 1. The Bertz CT molecular complexity index is 853. The molecule has 1 heterocycles. The van der Waals surface area contributed by atoms with Gasteiger partial charge in [0.15, 0.2) is 11.7 Å². The van der Waals surface area contributed by atoms with Gasteiger partial charge in [-0.2, -0.15) is 0 Å². The number of carbonyl (C=O) groups is 1. The summed E-state index contributed by atoms with van der Waals surface area (Å²) in [6.45, 7) is 6.06. The Morgan fingerprint density at radius 3 is 2.61 bits per heavy atom. The number of carbonyl (C=O) groups excluding carboxylic acids is 1. The lowest BCUT2D eigenvalue weighted by atomic mass is 10.1. The van der Waals surface area contributed by atoms with Crippen LogP contribution in [-0.4, -0.2) is 17.5 Å². The van der Waals surface area contributed by atoms with Crippen molar-refractivity contribution in [2.45, 2.75) is 20.8 Å². The quantitative estimate of drug-likeness (QED) is 0.780. The molecule has 0 aliphatic heterocycles. The molecule has 1 amide bonds. The first kappa shape index (κ1) is 15.5. The van der Waals surface area contributed by atoms with Crippen molar-refractivity contribution in [3.05, 3.63) is 53.1 Å². The number of hydrogen-bond acceptors (Lipinski definition) is 4. The lowest BCUT2D eigenvalue weighted by molar-refractivity contribution is -0.118. The second-order valence-electron chi connectivity index (χ2n) is 5.60. The van der Waals surface area contributed by atoms with Gasteiger partial charge in [0, 0.05) is 0 Å². The van der Waals surface area contributed by atoms with Crippen molar-refractivity contribution in [3.8, 4) is 5.75 Å². The lowest BCUT2D eigenvalue weighted by Crippen LogP contribution is -2.19. The van der Waals surface area contributed by atoms with Gasteiger partial charge in [0.05, 0.1) is 10.2 Å². The van der Waals surface area contributed by atoms with E-state index in [0.29, 0.717) is 10.9 Å². The predicted molar refractivity (Wildman–Crippen MR) is 94.4 cm³/mol. The second-order valence-corrected chi connectivity index (χ2v) is 6.63. The largest absolute Gasteiger partial charge is 0.484 e. The molecule has 5 heteroatoms. The molecule has 0 fully saturated rings. The molecule has 0 bridgehead atoms.